The van der Waals surface area contributed by atoms with Crippen molar-refractivity contribution >= 4 is 12.0 Å². The van der Waals surface area contributed by atoms with Gasteiger partial charge in [-0.25, -0.2) is 4.79 Å². The molecule has 0 aromatic heterocycles. The van der Waals surface area contributed by atoms with E-state index in [1.165, 1.54) is 0 Å². The molecule has 0 spiro atoms. The Kier molecular flexibility index (Phi) is 8.82. The van der Waals surface area contributed by atoms with Crippen molar-refractivity contribution in [2.24, 2.45) is 11.8 Å². The van der Waals surface area contributed by atoms with E-state index >= 15 is 0 Å². The second-order valence-electron chi connectivity index (χ2n) is 5.74. The van der Waals surface area contributed by atoms with Gasteiger partial charge in [0.15, 0.2) is 0 Å². The summed E-state index contributed by atoms with van der Waals surface area (Å²) in [5, 5.41) is 14.4. The van der Waals surface area contributed by atoms with Gasteiger partial charge in [-0.1, -0.05) is 19.8 Å². The number of hydrogen-bond donors (Lipinski definition) is 3. The van der Waals surface area contributed by atoms with Gasteiger partial charge >= 0.3 is 12.0 Å². The maximum atomic E-state index is 11.6. The Morgan fingerprint density at radius 2 is 2.10 bits per heavy atom. The Balaban J connectivity index is 2.10. The fourth-order valence-electron chi connectivity index (χ4n) is 2.60. The summed E-state index contributed by atoms with van der Waals surface area (Å²) in [5.41, 5.74) is 0. The maximum absolute atomic E-state index is 11.6. The zero-order valence-corrected chi connectivity index (χ0v) is 12.9. The Bertz CT molecular complexity index is 317. The van der Waals surface area contributed by atoms with Crippen LogP contribution in [0.15, 0.2) is 0 Å². The molecule has 1 heterocycles. The van der Waals surface area contributed by atoms with Crippen LogP contribution in [0.1, 0.15) is 45.4 Å². The first kappa shape index (κ1) is 17.8. The van der Waals surface area contributed by atoms with Crippen molar-refractivity contribution in [3.8, 4) is 0 Å². The van der Waals surface area contributed by atoms with Crippen LogP contribution in [0.2, 0.25) is 0 Å². The number of carbonyl (C=O) groups excluding carboxylic acids is 1. The van der Waals surface area contributed by atoms with Gasteiger partial charge in [0.25, 0.3) is 0 Å². The van der Waals surface area contributed by atoms with Crippen LogP contribution in [-0.4, -0.2) is 43.4 Å². The fourth-order valence-corrected chi connectivity index (χ4v) is 2.60. The van der Waals surface area contributed by atoms with E-state index in [0.717, 1.165) is 38.9 Å². The molecule has 21 heavy (non-hydrogen) atoms. The first-order valence-corrected chi connectivity index (χ1v) is 7.93. The fraction of sp³-hybridized carbons (Fsp3) is 0.867. The normalized spacial score (nSPS) is 19.2. The minimum absolute atomic E-state index is 0.143. The van der Waals surface area contributed by atoms with Gasteiger partial charge in [0.1, 0.15) is 0 Å². The van der Waals surface area contributed by atoms with Gasteiger partial charge in [0.2, 0.25) is 0 Å². The molecule has 1 fully saturated rings. The summed E-state index contributed by atoms with van der Waals surface area (Å²) in [4.78, 5) is 22.3. The predicted molar refractivity (Wildman–Crippen MR) is 80.2 cm³/mol. The lowest BCUT2D eigenvalue weighted by atomic mass is 9.94. The number of rotatable bonds is 10. The number of nitrogens with one attached hydrogen (secondary N) is 2. The lowest BCUT2D eigenvalue weighted by molar-refractivity contribution is -0.137. The van der Waals surface area contributed by atoms with Crippen molar-refractivity contribution in [1.82, 2.24) is 10.6 Å². The molecular weight excluding hydrogens is 272 g/mol. The number of carbonyl (C=O) groups is 2. The molecule has 122 valence electrons. The number of aliphatic carboxylic acids is 1. The third kappa shape index (κ3) is 8.55. The van der Waals surface area contributed by atoms with E-state index in [0.29, 0.717) is 31.3 Å². The molecule has 0 aromatic carbocycles. The van der Waals surface area contributed by atoms with Gasteiger partial charge in [0.05, 0.1) is 6.61 Å². The summed E-state index contributed by atoms with van der Waals surface area (Å²) < 4.78 is 5.26. The molecule has 0 aliphatic carbocycles. The third-order valence-electron chi connectivity index (χ3n) is 3.88. The second-order valence-corrected chi connectivity index (χ2v) is 5.74. The topological polar surface area (TPSA) is 87.7 Å². The number of carboxylic acids is 1. The molecule has 0 bridgehead atoms. The third-order valence-corrected chi connectivity index (χ3v) is 3.88. The van der Waals surface area contributed by atoms with E-state index in [1.807, 2.05) is 0 Å². The molecule has 6 nitrogen and oxygen atoms in total. The monoisotopic (exact) mass is 300 g/mol. The smallest absolute Gasteiger partial charge is 0.314 e. The summed E-state index contributed by atoms with van der Waals surface area (Å²) in [7, 11) is 0. The molecule has 2 amide bonds. The molecule has 3 N–H and O–H groups in total. The highest BCUT2D eigenvalue weighted by atomic mass is 16.5. The van der Waals surface area contributed by atoms with Crippen LogP contribution in [-0.2, 0) is 9.53 Å². The SMILES string of the molecule is CCCC(CCNC(=O)NCC1CCOC1)CCC(=O)O. The molecule has 2 atom stereocenters. The molecule has 1 aliphatic rings. The van der Waals surface area contributed by atoms with Crippen molar-refractivity contribution < 1.29 is 19.4 Å². The average molecular weight is 300 g/mol. The van der Waals surface area contributed by atoms with Gasteiger partial charge in [-0.3, -0.25) is 4.79 Å². The minimum Gasteiger partial charge on any atom is -0.481 e. The highest BCUT2D eigenvalue weighted by molar-refractivity contribution is 5.73. The Morgan fingerprint density at radius 3 is 2.71 bits per heavy atom. The summed E-state index contributed by atoms with van der Waals surface area (Å²) in [5.74, 6) is 0.0503. The molecule has 0 aromatic rings. The van der Waals surface area contributed by atoms with Crippen LogP contribution >= 0.6 is 0 Å². The lowest BCUT2D eigenvalue weighted by Crippen LogP contribution is -2.39. The van der Waals surface area contributed by atoms with E-state index in [1.54, 1.807) is 0 Å². The van der Waals surface area contributed by atoms with Crippen molar-refractivity contribution in [3.05, 3.63) is 0 Å². The van der Waals surface area contributed by atoms with E-state index in [9.17, 15) is 9.59 Å². The highest BCUT2D eigenvalue weighted by Gasteiger charge is 2.16. The number of urea groups is 1. The molecule has 0 saturated carbocycles. The van der Waals surface area contributed by atoms with E-state index in [-0.39, 0.29) is 12.5 Å². The van der Waals surface area contributed by atoms with Gasteiger partial charge < -0.3 is 20.5 Å². The summed E-state index contributed by atoms with van der Waals surface area (Å²) in [6, 6.07) is -0.143. The molecule has 1 saturated heterocycles. The predicted octanol–water partition coefficient (Wildman–Crippen LogP) is 1.99. The second kappa shape index (κ2) is 10.4. The Labute approximate surface area is 126 Å². The number of amides is 2. The van der Waals surface area contributed by atoms with Crippen LogP contribution in [0.25, 0.3) is 0 Å². The van der Waals surface area contributed by atoms with Crippen LogP contribution in [0.5, 0.6) is 0 Å². The molecular formula is C15H28N2O4. The first-order chi connectivity index (χ1) is 10.1. The van der Waals surface area contributed by atoms with Gasteiger partial charge in [0, 0.05) is 32.0 Å². The molecule has 6 heteroatoms. The number of hydrogen-bond acceptors (Lipinski definition) is 3. The lowest BCUT2D eigenvalue weighted by Gasteiger charge is -2.16. The molecule has 1 rings (SSSR count). The van der Waals surface area contributed by atoms with Crippen LogP contribution in [0, 0.1) is 11.8 Å². The van der Waals surface area contributed by atoms with E-state index < -0.39 is 5.97 Å². The zero-order valence-electron chi connectivity index (χ0n) is 12.9. The quantitative estimate of drug-likeness (QED) is 0.576. The average Bonchev–Trinajstić information content (AvgIpc) is 2.95. The standard InChI is InChI=1S/C15H28N2O4/c1-2-3-12(4-5-14(18)19)6-8-16-15(20)17-10-13-7-9-21-11-13/h12-13H,2-11H2,1H3,(H,18,19)(H2,16,17,20). The number of carboxylic acid groups (broad SMARTS) is 1. The van der Waals surface area contributed by atoms with Gasteiger partial charge in [-0.15, -0.1) is 0 Å². The van der Waals surface area contributed by atoms with E-state index in [2.05, 4.69) is 17.6 Å². The zero-order chi connectivity index (χ0) is 15.5. The Hall–Kier alpha value is -1.30. The van der Waals surface area contributed by atoms with Crippen LogP contribution < -0.4 is 10.6 Å². The van der Waals surface area contributed by atoms with Crippen molar-refractivity contribution in [2.75, 3.05) is 26.3 Å². The largest absolute Gasteiger partial charge is 0.481 e. The summed E-state index contributed by atoms with van der Waals surface area (Å²) >= 11 is 0. The van der Waals surface area contributed by atoms with Crippen LogP contribution in [0.3, 0.4) is 0 Å². The van der Waals surface area contributed by atoms with Crippen molar-refractivity contribution in [3.63, 3.8) is 0 Å². The highest BCUT2D eigenvalue weighted by Crippen LogP contribution is 2.17. The van der Waals surface area contributed by atoms with Crippen LogP contribution in [0.4, 0.5) is 4.79 Å². The van der Waals surface area contributed by atoms with Gasteiger partial charge in [-0.05, 0) is 25.2 Å². The first-order valence-electron chi connectivity index (χ1n) is 7.93. The van der Waals surface area contributed by atoms with Crippen molar-refractivity contribution in [2.45, 2.75) is 45.4 Å². The summed E-state index contributed by atoms with van der Waals surface area (Å²) in [6.45, 7) is 4.86. The molecule has 1 aliphatic heterocycles. The minimum atomic E-state index is -0.749. The molecule has 2 unspecified atom stereocenters. The summed E-state index contributed by atoms with van der Waals surface area (Å²) in [6.07, 6.45) is 4.79. The van der Waals surface area contributed by atoms with E-state index in [4.69, 9.17) is 9.84 Å². The number of ether oxygens (including phenoxy) is 1. The van der Waals surface area contributed by atoms with Crippen molar-refractivity contribution in [1.29, 1.82) is 0 Å². The maximum Gasteiger partial charge on any atom is 0.314 e. The molecule has 0 radical (unpaired) electrons. The van der Waals surface area contributed by atoms with Gasteiger partial charge in [-0.2, -0.15) is 0 Å². The Morgan fingerprint density at radius 1 is 1.29 bits per heavy atom.